The summed E-state index contributed by atoms with van der Waals surface area (Å²) in [4.78, 5) is 47.5. The summed E-state index contributed by atoms with van der Waals surface area (Å²) in [7, 11) is 0. The lowest BCUT2D eigenvalue weighted by atomic mass is 10.1. The van der Waals surface area contributed by atoms with Gasteiger partial charge in [0.2, 0.25) is 0 Å². The highest BCUT2D eigenvalue weighted by molar-refractivity contribution is 6.06. The number of hydrogen-bond acceptors (Lipinski definition) is 6. The van der Waals surface area contributed by atoms with E-state index >= 15 is 0 Å². The fourth-order valence-corrected chi connectivity index (χ4v) is 2.29. The minimum atomic E-state index is -0.889. The number of H-pyrrole nitrogens is 1. The Balaban J connectivity index is 1.66. The van der Waals surface area contributed by atoms with Crippen molar-refractivity contribution in [1.82, 2.24) is 15.5 Å². The van der Waals surface area contributed by atoms with E-state index in [-0.39, 0.29) is 11.1 Å². The van der Waals surface area contributed by atoms with Gasteiger partial charge in [0.05, 0.1) is 5.39 Å². The summed E-state index contributed by atoms with van der Waals surface area (Å²) < 4.78 is 4.89. The van der Waals surface area contributed by atoms with Crippen molar-refractivity contribution in [2.24, 2.45) is 0 Å². The van der Waals surface area contributed by atoms with Crippen LogP contribution in [0.4, 0.5) is 0 Å². The molecule has 1 aromatic heterocycles. The lowest BCUT2D eigenvalue weighted by molar-refractivity contribution is -0.123. The molecule has 0 aliphatic rings. The number of ether oxygens (including phenoxy) is 1. The first-order chi connectivity index (χ1) is 12.6. The van der Waals surface area contributed by atoms with E-state index in [9.17, 15) is 19.2 Å². The minimum absolute atomic E-state index is 0.123. The first-order valence-corrected chi connectivity index (χ1v) is 7.60. The van der Waals surface area contributed by atoms with Gasteiger partial charge < -0.3 is 4.74 Å². The molecule has 3 aromatic rings. The molecule has 1 heterocycles. The molecule has 0 saturated carbocycles. The first kappa shape index (κ1) is 17.0. The topological polar surface area (TPSA) is 118 Å². The molecule has 0 spiro atoms. The molecule has 0 bridgehead atoms. The standard InChI is InChI=1S/C18H13N3O5/c22-14(19-16(23)11-6-2-1-3-7-11)10-26-18(25)15-12-8-4-5-9-13(12)17(24)21-20-15/h1-9H,10H2,(H,21,24)(H,19,22,23). The van der Waals surface area contributed by atoms with Crippen molar-refractivity contribution >= 4 is 28.6 Å². The van der Waals surface area contributed by atoms with Gasteiger partial charge in [0.15, 0.2) is 12.3 Å². The zero-order chi connectivity index (χ0) is 18.5. The first-order valence-electron chi connectivity index (χ1n) is 7.60. The van der Waals surface area contributed by atoms with Crippen LogP contribution in [0, 0.1) is 0 Å². The number of nitrogens with one attached hydrogen (secondary N) is 2. The summed E-state index contributed by atoms with van der Waals surface area (Å²) in [5.41, 5.74) is -0.258. The average molecular weight is 351 g/mol. The molecular weight excluding hydrogens is 338 g/mol. The van der Waals surface area contributed by atoms with E-state index in [1.165, 1.54) is 6.07 Å². The second-order valence-electron chi connectivity index (χ2n) is 5.27. The minimum Gasteiger partial charge on any atom is -0.451 e. The van der Waals surface area contributed by atoms with Crippen LogP contribution in [-0.4, -0.2) is 34.6 Å². The zero-order valence-electron chi connectivity index (χ0n) is 13.4. The molecule has 2 amide bonds. The molecule has 0 atom stereocenters. The van der Waals surface area contributed by atoms with Gasteiger partial charge in [-0.05, 0) is 18.2 Å². The molecule has 8 nitrogen and oxygen atoms in total. The molecule has 26 heavy (non-hydrogen) atoms. The number of fused-ring (bicyclic) bond motifs is 1. The number of carbonyl (C=O) groups is 3. The number of hydrogen-bond donors (Lipinski definition) is 2. The molecule has 0 aliphatic carbocycles. The van der Waals surface area contributed by atoms with Crippen molar-refractivity contribution in [1.29, 1.82) is 0 Å². The smallest absolute Gasteiger partial charge is 0.359 e. The Bertz CT molecular complexity index is 1040. The van der Waals surface area contributed by atoms with E-state index in [4.69, 9.17) is 4.74 Å². The van der Waals surface area contributed by atoms with Crippen LogP contribution in [-0.2, 0) is 9.53 Å². The van der Waals surface area contributed by atoms with Gasteiger partial charge in [-0.1, -0.05) is 36.4 Å². The van der Waals surface area contributed by atoms with Crippen LogP contribution in [0.5, 0.6) is 0 Å². The largest absolute Gasteiger partial charge is 0.451 e. The van der Waals surface area contributed by atoms with Crippen molar-refractivity contribution in [2.45, 2.75) is 0 Å². The molecular formula is C18H13N3O5. The van der Waals surface area contributed by atoms with E-state index in [0.29, 0.717) is 10.9 Å². The molecule has 0 fully saturated rings. The van der Waals surface area contributed by atoms with E-state index in [1.54, 1.807) is 48.5 Å². The van der Waals surface area contributed by atoms with Crippen molar-refractivity contribution < 1.29 is 19.1 Å². The Morgan fingerprint density at radius 1 is 0.962 bits per heavy atom. The number of nitrogens with zero attached hydrogens (tertiary/aromatic N) is 1. The van der Waals surface area contributed by atoms with Gasteiger partial charge in [0, 0.05) is 10.9 Å². The Morgan fingerprint density at radius 2 is 1.62 bits per heavy atom. The number of esters is 1. The molecule has 0 radical (unpaired) electrons. The Hall–Kier alpha value is -3.81. The molecule has 2 aromatic carbocycles. The number of aromatic nitrogens is 2. The molecule has 0 aliphatic heterocycles. The van der Waals surface area contributed by atoms with Crippen molar-refractivity contribution in [3.05, 3.63) is 76.2 Å². The summed E-state index contributed by atoms with van der Waals surface area (Å²) >= 11 is 0. The predicted octanol–water partition coefficient (Wildman–Crippen LogP) is 1.04. The van der Waals surface area contributed by atoms with Gasteiger partial charge in [0.25, 0.3) is 17.4 Å². The van der Waals surface area contributed by atoms with Crippen LogP contribution in [0.15, 0.2) is 59.4 Å². The maximum atomic E-state index is 12.2. The lowest BCUT2D eigenvalue weighted by Crippen LogP contribution is -2.34. The Labute approximate surface area is 146 Å². The maximum absolute atomic E-state index is 12.2. The second-order valence-corrected chi connectivity index (χ2v) is 5.27. The SMILES string of the molecule is O=C(COC(=O)c1n[nH]c(=O)c2ccccc12)NC(=O)c1ccccc1. The van der Waals surface area contributed by atoms with E-state index in [1.807, 2.05) is 0 Å². The third kappa shape index (κ3) is 3.64. The second kappa shape index (κ2) is 7.39. The number of benzene rings is 2. The highest BCUT2D eigenvalue weighted by atomic mass is 16.5. The molecule has 0 unspecified atom stereocenters. The van der Waals surface area contributed by atoms with Gasteiger partial charge in [0.1, 0.15) is 0 Å². The predicted molar refractivity (Wildman–Crippen MR) is 91.6 cm³/mol. The Kier molecular flexibility index (Phi) is 4.84. The molecule has 3 rings (SSSR count). The van der Waals surface area contributed by atoms with Gasteiger partial charge in [-0.2, -0.15) is 5.10 Å². The molecule has 8 heteroatoms. The van der Waals surface area contributed by atoms with E-state index in [0.717, 1.165) is 0 Å². The molecule has 2 N–H and O–H groups in total. The fraction of sp³-hybridized carbons (Fsp3) is 0.0556. The van der Waals surface area contributed by atoms with E-state index in [2.05, 4.69) is 15.5 Å². The van der Waals surface area contributed by atoms with Crippen LogP contribution in [0.3, 0.4) is 0 Å². The quantitative estimate of drug-likeness (QED) is 0.678. The normalized spacial score (nSPS) is 10.3. The fourth-order valence-electron chi connectivity index (χ4n) is 2.29. The monoisotopic (exact) mass is 351 g/mol. The third-order valence-corrected chi connectivity index (χ3v) is 3.51. The maximum Gasteiger partial charge on any atom is 0.359 e. The van der Waals surface area contributed by atoms with Crippen molar-refractivity contribution in [3.8, 4) is 0 Å². The van der Waals surface area contributed by atoms with Crippen molar-refractivity contribution in [2.75, 3.05) is 6.61 Å². The lowest BCUT2D eigenvalue weighted by Gasteiger charge is -2.07. The summed E-state index contributed by atoms with van der Waals surface area (Å²) in [6.07, 6.45) is 0. The highest BCUT2D eigenvalue weighted by Crippen LogP contribution is 2.13. The molecule has 130 valence electrons. The van der Waals surface area contributed by atoms with Gasteiger partial charge in [-0.25, -0.2) is 9.89 Å². The van der Waals surface area contributed by atoms with Crippen LogP contribution >= 0.6 is 0 Å². The number of rotatable bonds is 4. The summed E-state index contributed by atoms with van der Waals surface area (Å²) in [6, 6.07) is 14.5. The number of carbonyl (C=O) groups excluding carboxylic acids is 3. The van der Waals surface area contributed by atoms with Gasteiger partial charge in [-0.3, -0.25) is 19.7 Å². The Morgan fingerprint density at radius 3 is 2.35 bits per heavy atom. The van der Waals surface area contributed by atoms with Crippen LogP contribution in [0.1, 0.15) is 20.8 Å². The third-order valence-electron chi connectivity index (χ3n) is 3.51. The number of imide groups is 1. The van der Waals surface area contributed by atoms with Crippen LogP contribution < -0.4 is 10.9 Å². The number of amides is 2. The highest BCUT2D eigenvalue weighted by Gasteiger charge is 2.17. The average Bonchev–Trinajstić information content (AvgIpc) is 2.67. The zero-order valence-corrected chi connectivity index (χ0v) is 13.4. The van der Waals surface area contributed by atoms with Crippen LogP contribution in [0.25, 0.3) is 10.8 Å². The number of aromatic amines is 1. The summed E-state index contributed by atoms with van der Waals surface area (Å²) in [5, 5.41) is 8.59. The van der Waals surface area contributed by atoms with E-state index < -0.39 is 29.9 Å². The van der Waals surface area contributed by atoms with Gasteiger partial charge >= 0.3 is 5.97 Å². The van der Waals surface area contributed by atoms with Crippen LogP contribution in [0.2, 0.25) is 0 Å². The van der Waals surface area contributed by atoms with Crippen molar-refractivity contribution in [3.63, 3.8) is 0 Å². The van der Waals surface area contributed by atoms with Gasteiger partial charge in [-0.15, -0.1) is 0 Å². The molecule has 0 saturated heterocycles. The summed E-state index contributed by atoms with van der Waals surface area (Å²) in [5.74, 6) is -2.26. The summed E-state index contributed by atoms with van der Waals surface area (Å²) in [6.45, 7) is -0.660.